The van der Waals surface area contributed by atoms with Gasteiger partial charge < -0.3 is 4.98 Å². The van der Waals surface area contributed by atoms with E-state index in [2.05, 4.69) is 4.98 Å². The van der Waals surface area contributed by atoms with Gasteiger partial charge in [0.2, 0.25) is 0 Å². The van der Waals surface area contributed by atoms with Gasteiger partial charge in [0.1, 0.15) is 5.82 Å². The van der Waals surface area contributed by atoms with Gasteiger partial charge in [0.05, 0.1) is 17.6 Å². The van der Waals surface area contributed by atoms with Gasteiger partial charge in [-0.3, -0.25) is 4.57 Å². The summed E-state index contributed by atoms with van der Waals surface area (Å²) in [6, 6.07) is 11.5. The highest BCUT2D eigenvalue weighted by Gasteiger charge is 2.08. The van der Waals surface area contributed by atoms with Crippen LogP contribution in [-0.2, 0) is 6.54 Å². The van der Waals surface area contributed by atoms with Crippen LogP contribution in [0.25, 0.3) is 11.0 Å². The number of nitrogens with one attached hydrogen (secondary N) is 1. The van der Waals surface area contributed by atoms with Crippen molar-refractivity contribution >= 4 is 22.6 Å². The van der Waals surface area contributed by atoms with Gasteiger partial charge in [0.15, 0.2) is 0 Å². The molecule has 0 aliphatic rings. The topological polar surface area (TPSA) is 37.8 Å². The Hall–Kier alpha value is -2.07. The fourth-order valence-electron chi connectivity index (χ4n) is 2.10. The number of rotatable bonds is 2. The minimum Gasteiger partial charge on any atom is -0.306 e. The minimum atomic E-state index is -0.369. The van der Waals surface area contributed by atoms with Crippen molar-refractivity contribution in [1.29, 1.82) is 0 Å². The molecule has 0 radical (unpaired) electrons. The van der Waals surface area contributed by atoms with Crippen LogP contribution in [0.3, 0.4) is 0 Å². The standard InChI is InChI=1S/C14H10ClFN2O/c15-10-3-1-2-9(6-10)8-18-13-7-11(16)4-5-12(13)17-14(18)19/h1-7H,8H2,(H,17,19). The lowest BCUT2D eigenvalue weighted by Gasteiger charge is -2.04. The zero-order valence-electron chi connectivity index (χ0n) is 9.86. The van der Waals surface area contributed by atoms with E-state index >= 15 is 0 Å². The molecule has 0 fully saturated rings. The molecule has 0 saturated carbocycles. The monoisotopic (exact) mass is 276 g/mol. The Morgan fingerprint density at radius 2 is 2.05 bits per heavy atom. The Kier molecular flexibility index (Phi) is 2.87. The first kappa shape index (κ1) is 12.0. The Labute approximate surface area is 113 Å². The molecule has 2 aromatic carbocycles. The molecule has 0 amide bonds. The van der Waals surface area contributed by atoms with Gasteiger partial charge in [-0.05, 0) is 35.9 Å². The molecule has 3 nitrogen and oxygen atoms in total. The molecule has 0 aliphatic carbocycles. The molecule has 0 atom stereocenters. The van der Waals surface area contributed by atoms with Gasteiger partial charge in [-0.15, -0.1) is 0 Å². The highest BCUT2D eigenvalue weighted by atomic mass is 35.5. The molecule has 0 bridgehead atoms. The molecule has 3 rings (SSSR count). The fraction of sp³-hybridized carbons (Fsp3) is 0.0714. The van der Waals surface area contributed by atoms with Crippen LogP contribution in [0, 0.1) is 5.82 Å². The van der Waals surface area contributed by atoms with E-state index in [-0.39, 0.29) is 11.5 Å². The Balaban J connectivity index is 2.12. The van der Waals surface area contributed by atoms with Crippen LogP contribution < -0.4 is 5.69 Å². The zero-order chi connectivity index (χ0) is 13.4. The number of H-pyrrole nitrogens is 1. The van der Waals surface area contributed by atoms with E-state index < -0.39 is 0 Å². The van der Waals surface area contributed by atoms with Gasteiger partial charge in [0, 0.05) is 5.02 Å². The largest absolute Gasteiger partial charge is 0.326 e. The third-order valence-corrected chi connectivity index (χ3v) is 3.20. The van der Waals surface area contributed by atoms with Crippen LogP contribution in [-0.4, -0.2) is 9.55 Å². The van der Waals surface area contributed by atoms with Crippen molar-refractivity contribution in [1.82, 2.24) is 9.55 Å². The van der Waals surface area contributed by atoms with Crippen LogP contribution in [0.5, 0.6) is 0 Å². The molecular formula is C14H10ClFN2O. The fourth-order valence-corrected chi connectivity index (χ4v) is 2.31. The van der Waals surface area contributed by atoms with Crippen molar-refractivity contribution in [2.45, 2.75) is 6.54 Å². The second-order valence-electron chi connectivity index (χ2n) is 4.31. The first-order valence-electron chi connectivity index (χ1n) is 5.76. The van der Waals surface area contributed by atoms with Gasteiger partial charge in [-0.25, -0.2) is 9.18 Å². The van der Waals surface area contributed by atoms with Crippen molar-refractivity contribution in [3.63, 3.8) is 0 Å². The first-order chi connectivity index (χ1) is 9.13. The van der Waals surface area contributed by atoms with E-state index in [1.165, 1.54) is 16.7 Å². The Morgan fingerprint density at radius 3 is 2.84 bits per heavy atom. The summed E-state index contributed by atoms with van der Waals surface area (Å²) in [4.78, 5) is 14.6. The number of aromatic amines is 1. The predicted molar refractivity (Wildman–Crippen MR) is 73.1 cm³/mol. The zero-order valence-corrected chi connectivity index (χ0v) is 10.6. The maximum Gasteiger partial charge on any atom is 0.326 e. The van der Waals surface area contributed by atoms with Crippen molar-refractivity contribution < 1.29 is 4.39 Å². The van der Waals surface area contributed by atoms with Crippen LogP contribution in [0.15, 0.2) is 47.3 Å². The van der Waals surface area contributed by atoms with E-state index in [0.717, 1.165) is 5.56 Å². The molecule has 1 heterocycles. The molecule has 0 spiro atoms. The van der Waals surface area contributed by atoms with E-state index in [1.807, 2.05) is 12.1 Å². The minimum absolute atomic E-state index is 0.263. The number of fused-ring (bicyclic) bond motifs is 1. The normalized spacial score (nSPS) is 11.1. The van der Waals surface area contributed by atoms with Gasteiger partial charge in [-0.1, -0.05) is 23.7 Å². The molecule has 96 valence electrons. The van der Waals surface area contributed by atoms with Gasteiger partial charge in [0.25, 0.3) is 0 Å². The van der Waals surface area contributed by atoms with E-state index in [1.54, 1.807) is 18.2 Å². The van der Waals surface area contributed by atoms with Crippen molar-refractivity contribution in [3.05, 3.63) is 69.4 Å². The highest BCUT2D eigenvalue weighted by molar-refractivity contribution is 6.30. The molecule has 0 saturated heterocycles. The van der Waals surface area contributed by atoms with Crippen LogP contribution in [0.1, 0.15) is 5.56 Å². The van der Waals surface area contributed by atoms with E-state index in [9.17, 15) is 9.18 Å². The van der Waals surface area contributed by atoms with E-state index in [4.69, 9.17) is 11.6 Å². The van der Waals surface area contributed by atoms with Crippen molar-refractivity contribution in [3.8, 4) is 0 Å². The lowest BCUT2D eigenvalue weighted by molar-refractivity contribution is 0.628. The average molecular weight is 277 g/mol. The Morgan fingerprint density at radius 1 is 1.21 bits per heavy atom. The average Bonchev–Trinajstić information content (AvgIpc) is 2.66. The van der Waals surface area contributed by atoms with Crippen molar-refractivity contribution in [2.24, 2.45) is 0 Å². The number of nitrogens with zero attached hydrogens (tertiary/aromatic N) is 1. The lowest BCUT2D eigenvalue weighted by Crippen LogP contribution is -2.17. The summed E-state index contributed by atoms with van der Waals surface area (Å²) in [5.41, 5.74) is 1.79. The van der Waals surface area contributed by atoms with Gasteiger partial charge >= 0.3 is 5.69 Å². The SMILES string of the molecule is O=c1[nH]c2ccc(F)cc2n1Cc1cccc(Cl)c1. The summed E-state index contributed by atoms with van der Waals surface area (Å²) in [5, 5.41) is 0.608. The number of hydrogen-bond acceptors (Lipinski definition) is 1. The smallest absolute Gasteiger partial charge is 0.306 e. The maximum atomic E-state index is 13.3. The van der Waals surface area contributed by atoms with Crippen LogP contribution in [0.4, 0.5) is 4.39 Å². The number of benzene rings is 2. The molecule has 5 heteroatoms. The summed E-state index contributed by atoms with van der Waals surface area (Å²) in [6.07, 6.45) is 0. The molecule has 19 heavy (non-hydrogen) atoms. The van der Waals surface area contributed by atoms with Crippen LogP contribution >= 0.6 is 11.6 Å². The number of imidazole rings is 1. The molecule has 0 aliphatic heterocycles. The second-order valence-corrected chi connectivity index (χ2v) is 4.74. The third-order valence-electron chi connectivity index (χ3n) is 2.97. The molecule has 1 N–H and O–H groups in total. The Bertz CT molecular complexity index is 807. The molecule has 0 unspecified atom stereocenters. The van der Waals surface area contributed by atoms with Crippen molar-refractivity contribution in [2.75, 3.05) is 0 Å². The number of hydrogen-bond donors (Lipinski definition) is 1. The van der Waals surface area contributed by atoms with Crippen LogP contribution in [0.2, 0.25) is 5.02 Å². The second kappa shape index (κ2) is 4.55. The van der Waals surface area contributed by atoms with Gasteiger partial charge in [-0.2, -0.15) is 0 Å². The summed E-state index contributed by atoms with van der Waals surface area (Å²) >= 11 is 5.91. The summed E-state index contributed by atoms with van der Waals surface area (Å²) in [6.45, 7) is 0.350. The lowest BCUT2D eigenvalue weighted by atomic mass is 10.2. The molecule has 1 aromatic heterocycles. The molecule has 3 aromatic rings. The maximum absolute atomic E-state index is 13.3. The first-order valence-corrected chi connectivity index (χ1v) is 6.14. The predicted octanol–water partition coefficient (Wildman–Crippen LogP) is 3.17. The van der Waals surface area contributed by atoms with E-state index in [0.29, 0.717) is 22.6 Å². The summed E-state index contributed by atoms with van der Waals surface area (Å²) in [7, 11) is 0. The third kappa shape index (κ3) is 2.27. The highest BCUT2D eigenvalue weighted by Crippen LogP contribution is 2.15. The number of aromatic nitrogens is 2. The molecular weight excluding hydrogens is 267 g/mol. The quantitative estimate of drug-likeness (QED) is 0.767. The summed E-state index contributed by atoms with van der Waals surface area (Å²) < 4.78 is 14.8. The number of halogens is 2. The summed E-state index contributed by atoms with van der Waals surface area (Å²) in [5.74, 6) is -0.369.